The molecule has 0 saturated heterocycles. The van der Waals surface area contributed by atoms with Gasteiger partial charge in [-0.05, 0) is 29.6 Å². The summed E-state index contributed by atoms with van der Waals surface area (Å²) in [6, 6.07) is 8.16. The summed E-state index contributed by atoms with van der Waals surface area (Å²) in [6.07, 6.45) is -0.268. The van der Waals surface area contributed by atoms with Gasteiger partial charge in [0.1, 0.15) is 22.8 Å². The fraction of sp³-hybridized carbons (Fsp3) is 0.0588. The Balaban J connectivity index is 1.64. The van der Waals surface area contributed by atoms with Crippen LogP contribution >= 0.6 is 11.3 Å². The Hall–Kier alpha value is -3.40. The molecule has 0 bridgehead atoms. The van der Waals surface area contributed by atoms with Crippen molar-refractivity contribution in [1.29, 1.82) is 0 Å². The first-order valence-electron chi connectivity index (χ1n) is 7.77. The molecule has 2 N–H and O–H groups in total. The predicted molar refractivity (Wildman–Crippen MR) is 95.6 cm³/mol. The number of nitrogens with one attached hydrogen (secondary N) is 2. The molecular weight excluding hydrogens is 376 g/mol. The number of hydrogen-bond donors (Lipinski definition) is 2. The van der Waals surface area contributed by atoms with Gasteiger partial charge in [0.05, 0.1) is 17.0 Å². The van der Waals surface area contributed by atoms with Crippen LogP contribution in [0.2, 0.25) is 0 Å². The second-order valence-corrected chi connectivity index (χ2v) is 6.57. The normalized spacial score (nSPS) is 11.0. The van der Waals surface area contributed by atoms with E-state index in [0.29, 0.717) is 11.8 Å². The van der Waals surface area contributed by atoms with E-state index in [9.17, 15) is 18.4 Å². The number of anilines is 1. The lowest BCUT2D eigenvalue weighted by Crippen LogP contribution is -2.22. The Kier molecular flexibility index (Phi) is 4.24. The first-order valence-corrected chi connectivity index (χ1v) is 8.65. The number of H-pyrrole nitrogens is 1. The number of benzene rings is 1. The number of aromatic nitrogens is 4. The zero-order valence-corrected chi connectivity index (χ0v) is 14.4. The highest BCUT2D eigenvalue weighted by Crippen LogP contribution is 2.23. The number of fused-ring (bicyclic) bond motifs is 1. The summed E-state index contributed by atoms with van der Waals surface area (Å²) in [4.78, 5) is 25.1. The van der Waals surface area contributed by atoms with E-state index in [0.717, 1.165) is 17.0 Å². The van der Waals surface area contributed by atoms with Gasteiger partial charge in [-0.2, -0.15) is 10.2 Å². The van der Waals surface area contributed by atoms with Crippen molar-refractivity contribution in [3.63, 3.8) is 0 Å². The standard InChI is InChI=1S/C17H11F2N5O2S/c18-9-3-4-11(10(19)6-9)20-16(25)8-15-21-22-17(26)13-7-12(23-24(13)15)14-2-1-5-27-14/h1-7H,8H2,(H,20,25)(H,22,26). The van der Waals surface area contributed by atoms with Gasteiger partial charge in [-0.1, -0.05) is 6.07 Å². The Bertz CT molecular complexity index is 1200. The van der Waals surface area contributed by atoms with E-state index in [-0.39, 0.29) is 23.4 Å². The SMILES string of the molecule is O=C(Cc1n[nH]c(=O)c2cc(-c3cccs3)nn12)Nc1ccc(F)cc1F. The van der Waals surface area contributed by atoms with Gasteiger partial charge >= 0.3 is 0 Å². The molecule has 0 spiro atoms. The fourth-order valence-corrected chi connectivity index (χ4v) is 3.23. The molecule has 0 radical (unpaired) electrons. The van der Waals surface area contributed by atoms with Crippen LogP contribution < -0.4 is 10.9 Å². The molecule has 1 amide bonds. The van der Waals surface area contributed by atoms with Crippen molar-refractivity contribution in [3.05, 3.63) is 69.6 Å². The number of carbonyl (C=O) groups is 1. The Morgan fingerprint density at radius 1 is 1.26 bits per heavy atom. The maximum absolute atomic E-state index is 13.7. The highest BCUT2D eigenvalue weighted by molar-refractivity contribution is 7.13. The Labute approximate surface area is 154 Å². The predicted octanol–water partition coefficient (Wildman–Crippen LogP) is 2.61. The van der Waals surface area contributed by atoms with E-state index in [1.165, 1.54) is 15.9 Å². The van der Waals surface area contributed by atoms with Crippen LogP contribution in [0.25, 0.3) is 16.1 Å². The van der Waals surface area contributed by atoms with Crippen molar-refractivity contribution >= 4 is 28.4 Å². The summed E-state index contributed by atoms with van der Waals surface area (Å²) in [5.41, 5.74) is 0.222. The first-order chi connectivity index (χ1) is 13.0. The molecule has 0 fully saturated rings. The lowest BCUT2D eigenvalue weighted by Gasteiger charge is -2.07. The number of amides is 1. The van der Waals surface area contributed by atoms with Crippen LogP contribution in [0.3, 0.4) is 0 Å². The van der Waals surface area contributed by atoms with Crippen molar-refractivity contribution < 1.29 is 13.6 Å². The second kappa shape index (κ2) is 6.72. The van der Waals surface area contributed by atoms with Gasteiger partial charge in [-0.15, -0.1) is 11.3 Å². The molecule has 0 unspecified atom stereocenters. The minimum Gasteiger partial charge on any atom is -0.323 e. The first kappa shape index (κ1) is 17.0. The fourth-order valence-electron chi connectivity index (χ4n) is 2.55. The molecule has 3 aromatic heterocycles. The van der Waals surface area contributed by atoms with Crippen LogP contribution in [0.15, 0.2) is 46.6 Å². The van der Waals surface area contributed by atoms with Gasteiger partial charge in [0.2, 0.25) is 5.91 Å². The summed E-state index contributed by atoms with van der Waals surface area (Å²) in [5.74, 6) is -2.05. The zero-order chi connectivity index (χ0) is 19.0. The summed E-state index contributed by atoms with van der Waals surface area (Å²) in [5, 5.41) is 14.8. The second-order valence-electron chi connectivity index (χ2n) is 5.62. The molecule has 4 aromatic rings. The summed E-state index contributed by atoms with van der Waals surface area (Å²) >= 11 is 1.46. The smallest absolute Gasteiger partial charge is 0.290 e. The number of nitrogens with zero attached hydrogens (tertiary/aromatic N) is 3. The molecule has 27 heavy (non-hydrogen) atoms. The lowest BCUT2D eigenvalue weighted by molar-refractivity contribution is -0.115. The summed E-state index contributed by atoms with van der Waals surface area (Å²) in [6.45, 7) is 0. The summed E-state index contributed by atoms with van der Waals surface area (Å²) in [7, 11) is 0. The lowest BCUT2D eigenvalue weighted by atomic mass is 10.2. The van der Waals surface area contributed by atoms with E-state index >= 15 is 0 Å². The quantitative estimate of drug-likeness (QED) is 0.563. The van der Waals surface area contributed by atoms with Crippen molar-refractivity contribution in [3.8, 4) is 10.6 Å². The van der Waals surface area contributed by atoms with E-state index < -0.39 is 23.1 Å². The van der Waals surface area contributed by atoms with Crippen molar-refractivity contribution in [2.24, 2.45) is 0 Å². The van der Waals surface area contributed by atoms with E-state index in [1.807, 2.05) is 17.5 Å². The molecule has 1 aromatic carbocycles. The Morgan fingerprint density at radius 3 is 2.85 bits per heavy atom. The molecule has 10 heteroatoms. The molecule has 0 aliphatic rings. The average Bonchev–Trinajstić information content (AvgIpc) is 3.29. The van der Waals surface area contributed by atoms with Crippen molar-refractivity contribution in [2.75, 3.05) is 5.32 Å². The Morgan fingerprint density at radius 2 is 2.11 bits per heavy atom. The average molecular weight is 387 g/mol. The van der Waals surface area contributed by atoms with Gasteiger partial charge in [0, 0.05) is 6.07 Å². The minimum atomic E-state index is -0.887. The number of hydrogen-bond acceptors (Lipinski definition) is 5. The van der Waals surface area contributed by atoms with E-state index in [1.54, 1.807) is 6.07 Å². The maximum Gasteiger partial charge on any atom is 0.290 e. The number of halogens is 2. The highest BCUT2D eigenvalue weighted by Gasteiger charge is 2.16. The molecule has 4 rings (SSSR count). The number of aromatic amines is 1. The third kappa shape index (κ3) is 3.34. The van der Waals surface area contributed by atoms with Gasteiger partial charge in [0.15, 0.2) is 5.82 Å². The van der Waals surface area contributed by atoms with Gasteiger partial charge < -0.3 is 5.32 Å². The van der Waals surface area contributed by atoms with Gasteiger partial charge in [-0.25, -0.2) is 18.4 Å². The molecule has 0 atom stereocenters. The largest absolute Gasteiger partial charge is 0.323 e. The molecule has 0 aliphatic heterocycles. The highest BCUT2D eigenvalue weighted by atomic mass is 32.1. The zero-order valence-electron chi connectivity index (χ0n) is 13.6. The van der Waals surface area contributed by atoms with Crippen LogP contribution in [0, 0.1) is 11.6 Å². The third-order valence-corrected chi connectivity index (χ3v) is 4.66. The molecule has 0 saturated carbocycles. The monoisotopic (exact) mass is 387 g/mol. The number of carbonyl (C=O) groups excluding carboxylic acids is 1. The van der Waals surface area contributed by atoms with Gasteiger partial charge in [0.25, 0.3) is 5.56 Å². The topological polar surface area (TPSA) is 92.2 Å². The van der Waals surface area contributed by atoms with Gasteiger partial charge in [-0.3, -0.25) is 9.59 Å². The molecule has 7 nitrogen and oxygen atoms in total. The van der Waals surface area contributed by atoms with Crippen LogP contribution in [0.1, 0.15) is 5.82 Å². The summed E-state index contributed by atoms with van der Waals surface area (Å²) < 4.78 is 27.9. The number of thiophene rings is 1. The number of rotatable bonds is 4. The van der Waals surface area contributed by atoms with Crippen molar-refractivity contribution in [1.82, 2.24) is 19.8 Å². The molecule has 136 valence electrons. The molecule has 3 heterocycles. The van der Waals surface area contributed by atoms with Crippen molar-refractivity contribution in [2.45, 2.75) is 6.42 Å². The minimum absolute atomic E-state index is 0.151. The van der Waals surface area contributed by atoms with Crippen LogP contribution in [-0.4, -0.2) is 25.7 Å². The van der Waals surface area contributed by atoms with Crippen LogP contribution in [0.5, 0.6) is 0 Å². The third-order valence-electron chi connectivity index (χ3n) is 3.77. The maximum atomic E-state index is 13.7. The molecule has 0 aliphatic carbocycles. The van der Waals surface area contributed by atoms with E-state index in [4.69, 9.17) is 0 Å². The van der Waals surface area contributed by atoms with E-state index in [2.05, 4.69) is 20.6 Å². The molecular formula is C17H11F2N5O2S. The van der Waals surface area contributed by atoms with Crippen LogP contribution in [-0.2, 0) is 11.2 Å². The van der Waals surface area contributed by atoms with Crippen LogP contribution in [0.4, 0.5) is 14.5 Å².